The van der Waals surface area contributed by atoms with E-state index in [0.29, 0.717) is 22.8 Å². The summed E-state index contributed by atoms with van der Waals surface area (Å²) >= 11 is 7.79. The monoisotopic (exact) mass is 334 g/mol. The molecule has 4 nitrogen and oxygen atoms in total. The molecule has 0 saturated heterocycles. The SMILES string of the molecule is O=C(CSCCCO)c1ccc2[nH]c3nccc(Cl)c3c2c1. The van der Waals surface area contributed by atoms with Gasteiger partial charge in [-0.1, -0.05) is 11.6 Å². The van der Waals surface area contributed by atoms with Crippen molar-refractivity contribution in [3.8, 4) is 0 Å². The summed E-state index contributed by atoms with van der Waals surface area (Å²) in [6.07, 6.45) is 2.37. The third kappa shape index (κ3) is 2.97. The van der Waals surface area contributed by atoms with Gasteiger partial charge in [0.15, 0.2) is 5.78 Å². The zero-order chi connectivity index (χ0) is 15.5. The molecule has 0 amide bonds. The Hall–Kier alpha value is -1.56. The third-order valence-electron chi connectivity index (χ3n) is 3.44. The molecule has 0 saturated carbocycles. The number of hydrogen-bond donors (Lipinski definition) is 2. The molecule has 0 aliphatic carbocycles. The van der Waals surface area contributed by atoms with E-state index in [1.54, 1.807) is 12.3 Å². The van der Waals surface area contributed by atoms with Crippen molar-refractivity contribution >= 4 is 51.1 Å². The summed E-state index contributed by atoms with van der Waals surface area (Å²) in [6, 6.07) is 7.33. The standard InChI is InChI=1S/C16H15ClN2O2S/c17-12-4-5-18-16-15(12)11-8-10(2-3-13(11)19-16)14(21)9-22-7-1-6-20/h2-5,8,20H,1,6-7,9H2,(H,18,19). The molecule has 3 aromatic rings. The first-order valence-electron chi connectivity index (χ1n) is 6.98. The topological polar surface area (TPSA) is 66.0 Å². The summed E-state index contributed by atoms with van der Waals surface area (Å²) in [7, 11) is 0. The lowest BCUT2D eigenvalue weighted by molar-refractivity contribution is 0.102. The van der Waals surface area contributed by atoms with Gasteiger partial charge in [0, 0.05) is 34.7 Å². The van der Waals surface area contributed by atoms with Crippen LogP contribution in [0.15, 0.2) is 30.5 Å². The van der Waals surface area contributed by atoms with Crippen molar-refractivity contribution in [1.29, 1.82) is 0 Å². The molecule has 0 fully saturated rings. The molecule has 2 N–H and O–H groups in total. The maximum absolute atomic E-state index is 12.3. The molecule has 0 aliphatic heterocycles. The van der Waals surface area contributed by atoms with Crippen molar-refractivity contribution < 1.29 is 9.90 Å². The molecule has 114 valence electrons. The first-order chi connectivity index (χ1) is 10.7. The number of aliphatic hydroxyl groups excluding tert-OH is 1. The number of nitrogens with one attached hydrogen (secondary N) is 1. The van der Waals surface area contributed by atoms with E-state index in [1.165, 1.54) is 11.8 Å². The highest BCUT2D eigenvalue weighted by Crippen LogP contribution is 2.30. The highest BCUT2D eigenvalue weighted by Gasteiger charge is 2.12. The van der Waals surface area contributed by atoms with Crippen molar-refractivity contribution in [1.82, 2.24) is 9.97 Å². The number of aromatic nitrogens is 2. The molecule has 22 heavy (non-hydrogen) atoms. The number of pyridine rings is 1. The third-order valence-corrected chi connectivity index (χ3v) is 4.80. The van der Waals surface area contributed by atoms with E-state index >= 15 is 0 Å². The zero-order valence-corrected chi connectivity index (χ0v) is 13.4. The number of nitrogens with zero attached hydrogens (tertiary/aromatic N) is 1. The van der Waals surface area contributed by atoms with Crippen LogP contribution >= 0.6 is 23.4 Å². The fourth-order valence-electron chi connectivity index (χ4n) is 2.37. The molecule has 0 unspecified atom stereocenters. The van der Waals surface area contributed by atoms with Crippen LogP contribution in [0.1, 0.15) is 16.8 Å². The van der Waals surface area contributed by atoms with Crippen molar-refractivity contribution in [3.05, 3.63) is 41.0 Å². The van der Waals surface area contributed by atoms with Gasteiger partial charge in [-0.2, -0.15) is 11.8 Å². The van der Waals surface area contributed by atoms with Crippen LogP contribution in [0.4, 0.5) is 0 Å². The van der Waals surface area contributed by atoms with Gasteiger partial charge in [-0.3, -0.25) is 4.79 Å². The Labute approximate surface area is 136 Å². The normalized spacial score (nSPS) is 11.4. The molecule has 0 aliphatic rings. The number of H-pyrrole nitrogens is 1. The number of aromatic amines is 1. The second kappa shape index (κ2) is 6.69. The zero-order valence-electron chi connectivity index (χ0n) is 11.8. The summed E-state index contributed by atoms with van der Waals surface area (Å²) in [5.74, 6) is 1.28. The van der Waals surface area contributed by atoms with Gasteiger partial charge >= 0.3 is 0 Å². The van der Waals surface area contributed by atoms with Gasteiger partial charge in [0.05, 0.1) is 10.8 Å². The molecule has 0 spiro atoms. The Balaban J connectivity index is 1.92. The molecule has 0 bridgehead atoms. The van der Waals surface area contributed by atoms with E-state index in [0.717, 1.165) is 27.7 Å². The Morgan fingerprint density at radius 3 is 3.05 bits per heavy atom. The largest absolute Gasteiger partial charge is 0.396 e. The van der Waals surface area contributed by atoms with E-state index in [9.17, 15) is 4.79 Å². The van der Waals surface area contributed by atoms with Gasteiger partial charge in [0.2, 0.25) is 0 Å². The highest BCUT2D eigenvalue weighted by molar-refractivity contribution is 7.99. The lowest BCUT2D eigenvalue weighted by atomic mass is 10.1. The fraction of sp³-hybridized carbons (Fsp3) is 0.250. The van der Waals surface area contributed by atoms with Crippen molar-refractivity contribution in [2.75, 3.05) is 18.1 Å². The number of Topliss-reactive ketones (excluding diaryl/α,β-unsaturated/α-hetero) is 1. The average Bonchev–Trinajstić information content (AvgIpc) is 2.90. The maximum atomic E-state index is 12.3. The lowest BCUT2D eigenvalue weighted by Crippen LogP contribution is -2.03. The number of aliphatic hydroxyl groups is 1. The van der Waals surface area contributed by atoms with Crippen LogP contribution in [0.3, 0.4) is 0 Å². The molecule has 2 aromatic heterocycles. The predicted molar refractivity (Wildman–Crippen MR) is 92.0 cm³/mol. The van der Waals surface area contributed by atoms with Crippen LogP contribution in [0.25, 0.3) is 21.9 Å². The molecule has 6 heteroatoms. The fourth-order valence-corrected chi connectivity index (χ4v) is 3.44. The van der Waals surface area contributed by atoms with Crippen molar-refractivity contribution in [3.63, 3.8) is 0 Å². The van der Waals surface area contributed by atoms with E-state index < -0.39 is 0 Å². The number of ketones is 1. The lowest BCUT2D eigenvalue weighted by Gasteiger charge is -2.02. The number of fused-ring (bicyclic) bond motifs is 3. The van der Waals surface area contributed by atoms with Crippen LogP contribution in [-0.2, 0) is 0 Å². The summed E-state index contributed by atoms with van der Waals surface area (Å²) < 4.78 is 0. The number of rotatable bonds is 6. The van der Waals surface area contributed by atoms with Gasteiger partial charge in [0.25, 0.3) is 0 Å². The first-order valence-corrected chi connectivity index (χ1v) is 8.51. The van der Waals surface area contributed by atoms with Gasteiger partial charge < -0.3 is 10.1 Å². The highest BCUT2D eigenvalue weighted by atomic mass is 35.5. The van der Waals surface area contributed by atoms with Gasteiger partial charge in [-0.15, -0.1) is 0 Å². The Morgan fingerprint density at radius 1 is 1.36 bits per heavy atom. The van der Waals surface area contributed by atoms with E-state index in [1.807, 2.05) is 18.2 Å². The minimum Gasteiger partial charge on any atom is -0.396 e. The van der Waals surface area contributed by atoms with E-state index in [4.69, 9.17) is 16.7 Å². The second-order valence-corrected chi connectivity index (χ2v) is 6.47. The summed E-state index contributed by atoms with van der Waals surface area (Å²) in [4.78, 5) is 19.7. The average molecular weight is 335 g/mol. The molecular weight excluding hydrogens is 320 g/mol. The van der Waals surface area contributed by atoms with Crippen LogP contribution in [0, 0.1) is 0 Å². The van der Waals surface area contributed by atoms with Crippen LogP contribution in [-0.4, -0.2) is 39.0 Å². The van der Waals surface area contributed by atoms with Gasteiger partial charge in [-0.25, -0.2) is 4.98 Å². The molecular formula is C16H15ClN2O2S. The minimum absolute atomic E-state index is 0.0826. The van der Waals surface area contributed by atoms with Crippen LogP contribution < -0.4 is 0 Å². The minimum atomic E-state index is 0.0826. The Kier molecular flexibility index (Phi) is 4.66. The number of carbonyl (C=O) groups is 1. The number of thioether (sulfide) groups is 1. The predicted octanol–water partition coefficient (Wildman–Crippen LogP) is 3.67. The Morgan fingerprint density at radius 2 is 2.23 bits per heavy atom. The van der Waals surface area contributed by atoms with Gasteiger partial charge in [-0.05, 0) is 36.4 Å². The summed E-state index contributed by atoms with van der Waals surface area (Å²) in [5.41, 5.74) is 2.31. The Bertz CT molecular complexity index is 831. The van der Waals surface area contributed by atoms with E-state index in [2.05, 4.69) is 9.97 Å². The van der Waals surface area contributed by atoms with Crippen molar-refractivity contribution in [2.45, 2.75) is 6.42 Å². The summed E-state index contributed by atoms with van der Waals surface area (Å²) in [5, 5.41) is 11.1. The molecule has 0 radical (unpaired) electrons. The molecule has 1 aromatic carbocycles. The number of hydrogen-bond acceptors (Lipinski definition) is 4. The number of halogens is 1. The molecule has 2 heterocycles. The smallest absolute Gasteiger partial charge is 0.172 e. The van der Waals surface area contributed by atoms with Crippen LogP contribution in [0.2, 0.25) is 5.02 Å². The maximum Gasteiger partial charge on any atom is 0.172 e. The number of carbonyl (C=O) groups excluding carboxylic acids is 1. The number of benzene rings is 1. The first kappa shape index (κ1) is 15.3. The van der Waals surface area contributed by atoms with Crippen molar-refractivity contribution in [2.24, 2.45) is 0 Å². The molecule has 3 rings (SSSR count). The quantitative estimate of drug-likeness (QED) is 0.533. The summed E-state index contributed by atoms with van der Waals surface area (Å²) in [6.45, 7) is 0.161. The molecule has 0 atom stereocenters. The van der Waals surface area contributed by atoms with Crippen LogP contribution in [0.5, 0.6) is 0 Å². The second-order valence-electron chi connectivity index (χ2n) is 4.95. The van der Waals surface area contributed by atoms with E-state index in [-0.39, 0.29) is 12.4 Å². The van der Waals surface area contributed by atoms with Gasteiger partial charge in [0.1, 0.15) is 5.65 Å².